The molecule has 0 aliphatic rings. The average Bonchev–Trinajstić information content (AvgIpc) is 2.68. The van der Waals surface area contributed by atoms with Crippen LogP contribution in [0, 0.1) is 0 Å². The molecule has 0 fully saturated rings. The molecule has 2 N–H and O–H groups in total. The Kier molecular flexibility index (Phi) is 3.20. The molecule has 0 aliphatic carbocycles. The largest absolute Gasteiger partial charge is 0.476 e. The molecule has 6 heteroatoms. The molecule has 2 aromatic heterocycles. The van der Waals surface area contributed by atoms with Gasteiger partial charge >= 0.3 is 5.97 Å². The van der Waals surface area contributed by atoms with Crippen molar-refractivity contribution in [3.63, 3.8) is 0 Å². The number of imidazole rings is 1. The summed E-state index contributed by atoms with van der Waals surface area (Å²) in [5.74, 6) is -0.318. The van der Waals surface area contributed by atoms with Gasteiger partial charge in [-0.3, -0.25) is 4.40 Å². The van der Waals surface area contributed by atoms with Gasteiger partial charge in [-0.25, -0.2) is 9.78 Å². The number of rotatable bonds is 4. The minimum Gasteiger partial charge on any atom is -0.476 e. The van der Waals surface area contributed by atoms with Gasteiger partial charge in [0.15, 0.2) is 5.69 Å². The maximum atomic E-state index is 11.1. The number of hydrogen-bond donors (Lipinski definition) is 2. The lowest BCUT2D eigenvalue weighted by atomic mass is 10.3. The van der Waals surface area contributed by atoms with Crippen LogP contribution in [0.3, 0.4) is 0 Å². The number of aromatic carboxylic acids is 1. The Hall–Kier alpha value is -2.08. The summed E-state index contributed by atoms with van der Waals surface area (Å²) >= 11 is 0. The van der Waals surface area contributed by atoms with Crippen LogP contribution >= 0.6 is 0 Å². The molecule has 0 unspecified atom stereocenters. The standard InChI is InChI=1S/C12H16N4O2/c1-13-6-10-14-11(12(17)18)9-5-4-8(15(2)3)7-16(9)10/h4-5,7,13H,6H2,1-3H3,(H,17,18). The normalized spacial score (nSPS) is 10.8. The van der Waals surface area contributed by atoms with Crippen molar-refractivity contribution < 1.29 is 9.90 Å². The summed E-state index contributed by atoms with van der Waals surface area (Å²) in [5.41, 5.74) is 1.69. The van der Waals surface area contributed by atoms with Crippen LogP contribution in [0.15, 0.2) is 18.3 Å². The zero-order chi connectivity index (χ0) is 13.3. The number of nitrogens with zero attached hydrogens (tertiary/aromatic N) is 3. The van der Waals surface area contributed by atoms with Crippen molar-refractivity contribution >= 4 is 17.2 Å². The van der Waals surface area contributed by atoms with E-state index in [9.17, 15) is 4.79 Å². The maximum Gasteiger partial charge on any atom is 0.356 e. The van der Waals surface area contributed by atoms with Gasteiger partial charge in [0.2, 0.25) is 0 Å². The molecule has 0 radical (unpaired) electrons. The van der Waals surface area contributed by atoms with Crippen LogP contribution in [0.5, 0.6) is 0 Å². The summed E-state index contributed by atoms with van der Waals surface area (Å²) in [6.07, 6.45) is 1.89. The molecule has 0 saturated heterocycles. The number of anilines is 1. The van der Waals surface area contributed by atoms with Crippen molar-refractivity contribution in [2.75, 3.05) is 26.0 Å². The van der Waals surface area contributed by atoms with Crippen LogP contribution in [0.1, 0.15) is 16.3 Å². The van der Waals surface area contributed by atoms with Gasteiger partial charge in [0.1, 0.15) is 5.82 Å². The zero-order valence-electron chi connectivity index (χ0n) is 10.6. The third-order valence-corrected chi connectivity index (χ3v) is 2.75. The molecular weight excluding hydrogens is 232 g/mol. The Morgan fingerprint density at radius 2 is 2.22 bits per heavy atom. The topological polar surface area (TPSA) is 69.9 Å². The van der Waals surface area contributed by atoms with E-state index in [-0.39, 0.29) is 5.69 Å². The Labute approximate surface area is 105 Å². The van der Waals surface area contributed by atoms with E-state index < -0.39 is 5.97 Å². The SMILES string of the molecule is CNCc1nc(C(=O)O)c2ccc(N(C)C)cn12. The summed E-state index contributed by atoms with van der Waals surface area (Å²) in [6.45, 7) is 0.519. The molecule has 2 rings (SSSR count). The Bertz CT molecular complexity index is 589. The van der Waals surface area contributed by atoms with Gasteiger partial charge in [0.05, 0.1) is 17.7 Å². The molecule has 0 aliphatic heterocycles. The van der Waals surface area contributed by atoms with Gasteiger partial charge in [0.25, 0.3) is 0 Å². The fourth-order valence-corrected chi connectivity index (χ4v) is 1.84. The molecule has 6 nitrogen and oxygen atoms in total. The highest BCUT2D eigenvalue weighted by atomic mass is 16.4. The second-order valence-corrected chi connectivity index (χ2v) is 4.25. The minimum atomic E-state index is -1.01. The van der Waals surface area contributed by atoms with Crippen molar-refractivity contribution in [1.29, 1.82) is 0 Å². The van der Waals surface area contributed by atoms with E-state index in [1.54, 1.807) is 13.1 Å². The summed E-state index contributed by atoms with van der Waals surface area (Å²) in [5, 5.41) is 12.1. The first kappa shape index (κ1) is 12.4. The lowest BCUT2D eigenvalue weighted by Gasteiger charge is -2.13. The molecule has 0 saturated carbocycles. The third kappa shape index (κ3) is 2.02. The highest BCUT2D eigenvalue weighted by Gasteiger charge is 2.16. The van der Waals surface area contributed by atoms with Gasteiger partial charge in [0, 0.05) is 20.3 Å². The Balaban J connectivity index is 2.67. The van der Waals surface area contributed by atoms with Crippen LogP contribution in [-0.2, 0) is 6.54 Å². The van der Waals surface area contributed by atoms with Crippen LogP contribution in [0.2, 0.25) is 0 Å². The van der Waals surface area contributed by atoms with Gasteiger partial charge in [-0.2, -0.15) is 0 Å². The highest BCUT2D eigenvalue weighted by molar-refractivity contribution is 5.93. The maximum absolute atomic E-state index is 11.1. The number of hydrogen-bond acceptors (Lipinski definition) is 4. The van der Waals surface area contributed by atoms with Crippen LogP contribution in [-0.4, -0.2) is 41.6 Å². The number of carbonyl (C=O) groups is 1. The smallest absolute Gasteiger partial charge is 0.356 e. The van der Waals surface area contributed by atoms with Crippen molar-refractivity contribution in [1.82, 2.24) is 14.7 Å². The van der Waals surface area contributed by atoms with Crippen molar-refractivity contribution in [3.8, 4) is 0 Å². The fourth-order valence-electron chi connectivity index (χ4n) is 1.84. The molecule has 96 valence electrons. The number of carboxylic acids is 1. The summed E-state index contributed by atoms with van der Waals surface area (Å²) in [7, 11) is 5.68. The highest BCUT2D eigenvalue weighted by Crippen LogP contribution is 2.19. The second-order valence-electron chi connectivity index (χ2n) is 4.25. The van der Waals surface area contributed by atoms with Gasteiger partial charge in [-0.05, 0) is 19.2 Å². The molecule has 0 amide bonds. The number of pyridine rings is 1. The lowest BCUT2D eigenvalue weighted by Crippen LogP contribution is -2.11. The lowest BCUT2D eigenvalue weighted by molar-refractivity contribution is 0.0693. The second kappa shape index (κ2) is 4.66. The van der Waals surface area contributed by atoms with Crippen molar-refractivity contribution in [3.05, 3.63) is 29.8 Å². The van der Waals surface area contributed by atoms with Crippen LogP contribution < -0.4 is 10.2 Å². The predicted molar refractivity (Wildman–Crippen MR) is 69.2 cm³/mol. The van der Waals surface area contributed by atoms with E-state index in [1.165, 1.54) is 0 Å². The number of fused-ring (bicyclic) bond motifs is 1. The first-order chi connectivity index (χ1) is 8.54. The number of nitrogens with one attached hydrogen (secondary N) is 1. The van der Waals surface area contributed by atoms with Crippen LogP contribution in [0.25, 0.3) is 5.52 Å². The van der Waals surface area contributed by atoms with Gasteiger partial charge < -0.3 is 15.3 Å². The van der Waals surface area contributed by atoms with Crippen LogP contribution in [0.4, 0.5) is 5.69 Å². The van der Waals surface area contributed by atoms with E-state index in [2.05, 4.69) is 10.3 Å². The van der Waals surface area contributed by atoms with E-state index in [0.717, 1.165) is 5.69 Å². The average molecular weight is 248 g/mol. The zero-order valence-corrected chi connectivity index (χ0v) is 10.6. The van der Waals surface area contributed by atoms with E-state index in [4.69, 9.17) is 5.11 Å². The Morgan fingerprint density at radius 1 is 1.50 bits per heavy atom. The molecule has 0 atom stereocenters. The fraction of sp³-hybridized carbons (Fsp3) is 0.333. The van der Waals surface area contributed by atoms with E-state index in [0.29, 0.717) is 17.9 Å². The summed E-state index contributed by atoms with van der Waals surface area (Å²) in [6, 6.07) is 3.66. The molecule has 2 heterocycles. The van der Waals surface area contributed by atoms with Gasteiger partial charge in [-0.1, -0.05) is 0 Å². The summed E-state index contributed by atoms with van der Waals surface area (Å²) in [4.78, 5) is 17.3. The Morgan fingerprint density at radius 3 is 2.78 bits per heavy atom. The first-order valence-corrected chi connectivity index (χ1v) is 5.60. The molecule has 0 bridgehead atoms. The number of aromatic nitrogens is 2. The quantitative estimate of drug-likeness (QED) is 0.838. The monoisotopic (exact) mass is 248 g/mol. The van der Waals surface area contributed by atoms with E-state index >= 15 is 0 Å². The van der Waals surface area contributed by atoms with Crippen molar-refractivity contribution in [2.45, 2.75) is 6.54 Å². The minimum absolute atomic E-state index is 0.0885. The van der Waals surface area contributed by atoms with Crippen molar-refractivity contribution in [2.24, 2.45) is 0 Å². The number of carboxylic acid groups (broad SMARTS) is 1. The molecule has 18 heavy (non-hydrogen) atoms. The molecule has 0 spiro atoms. The third-order valence-electron chi connectivity index (χ3n) is 2.75. The van der Waals surface area contributed by atoms with E-state index in [1.807, 2.05) is 35.7 Å². The van der Waals surface area contributed by atoms with Gasteiger partial charge in [-0.15, -0.1) is 0 Å². The molecular formula is C12H16N4O2. The summed E-state index contributed by atoms with van der Waals surface area (Å²) < 4.78 is 1.81. The first-order valence-electron chi connectivity index (χ1n) is 5.60. The molecule has 2 aromatic rings. The molecule has 0 aromatic carbocycles. The predicted octanol–water partition coefficient (Wildman–Crippen LogP) is 0.818.